The zero-order chi connectivity index (χ0) is 14.4. The van der Waals surface area contributed by atoms with Crippen LogP contribution in [-0.2, 0) is 9.53 Å². The quantitative estimate of drug-likeness (QED) is 0.667. The van der Waals surface area contributed by atoms with Crippen molar-refractivity contribution in [2.24, 2.45) is 0 Å². The fourth-order valence-corrected chi connectivity index (χ4v) is 2.27. The van der Waals surface area contributed by atoms with Gasteiger partial charge in [0.2, 0.25) is 5.91 Å². The van der Waals surface area contributed by atoms with Gasteiger partial charge in [0, 0.05) is 18.1 Å². The topological polar surface area (TPSA) is 41.6 Å². The number of nitrogens with one attached hydrogen (secondary N) is 1. The maximum absolute atomic E-state index is 12.1. The SMILES string of the molecule is C=CCNCC(=O)N1CCOC(c2ccc(Cl)cc2)C1. The standard InChI is InChI=1S/C15H19ClN2O2/c1-2-7-17-10-15(19)18-8-9-20-14(11-18)12-3-5-13(16)6-4-12/h2-6,14,17H,1,7-11H2. The highest BCUT2D eigenvalue weighted by atomic mass is 35.5. The molecule has 4 nitrogen and oxygen atoms in total. The summed E-state index contributed by atoms with van der Waals surface area (Å²) in [5, 5.41) is 3.73. The van der Waals surface area contributed by atoms with Crippen molar-refractivity contribution in [1.82, 2.24) is 10.2 Å². The van der Waals surface area contributed by atoms with Crippen LogP contribution in [0, 0.1) is 0 Å². The molecule has 108 valence electrons. The van der Waals surface area contributed by atoms with Gasteiger partial charge in [-0.15, -0.1) is 6.58 Å². The summed E-state index contributed by atoms with van der Waals surface area (Å²) in [7, 11) is 0. The molecule has 1 unspecified atom stereocenters. The molecule has 0 spiro atoms. The van der Waals surface area contributed by atoms with Gasteiger partial charge in [0.15, 0.2) is 0 Å². The number of carbonyl (C=O) groups is 1. The molecule has 1 aromatic carbocycles. The minimum absolute atomic E-state index is 0.0793. The molecule has 1 aliphatic rings. The van der Waals surface area contributed by atoms with Crippen LogP contribution in [0.4, 0.5) is 0 Å². The normalized spacial score (nSPS) is 18.9. The van der Waals surface area contributed by atoms with E-state index in [1.165, 1.54) is 0 Å². The van der Waals surface area contributed by atoms with Gasteiger partial charge in [-0.05, 0) is 17.7 Å². The summed E-state index contributed by atoms with van der Waals surface area (Å²) in [6.07, 6.45) is 1.66. The summed E-state index contributed by atoms with van der Waals surface area (Å²) in [6.45, 7) is 6.35. The lowest BCUT2D eigenvalue weighted by Gasteiger charge is -2.33. The van der Waals surface area contributed by atoms with E-state index in [9.17, 15) is 4.79 Å². The van der Waals surface area contributed by atoms with Crippen molar-refractivity contribution in [3.8, 4) is 0 Å². The van der Waals surface area contributed by atoms with Gasteiger partial charge in [0.25, 0.3) is 0 Å². The molecular formula is C15H19ClN2O2. The van der Waals surface area contributed by atoms with Crippen molar-refractivity contribution in [3.63, 3.8) is 0 Å². The molecule has 1 amide bonds. The van der Waals surface area contributed by atoms with Gasteiger partial charge in [-0.3, -0.25) is 4.79 Å². The monoisotopic (exact) mass is 294 g/mol. The molecule has 0 saturated carbocycles. The van der Waals surface area contributed by atoms with Crippen molar-refractivity contribution in [3.05, 3.63) is 47.5 Å². The molecule has 0 bridgehead atoms. The van der Waals surface area contributed by atoms with Crippen LogP contribution in [0.15, 0.2) is 36.9 Å². The van der Waals surface area contributed by atoms with Crippen molar-refractivity contribution in [2.75, 3.05) is 32.8 Å². The summed E-state index contributed by atoms with van der Waals surface area (Å²) in [4.78, 5) is 13.9. The zero-order valence-corrected chi connectivity index (χ0v) is 12.1. The van der Waals surface area contributed by atoms with E-state index < -0.39 is 0 Å². The maximum atomic E-state index is 12.1. The largest absolute Gasteiger partial charge is 0.370 e. The lowest BCUT2D eigenvalue weighted by Crippen LogP contribution is -2.45. The van der Waals surface area contributed by atoms with Gasteiger partial charge in [-0.1, -0.05) is 29.8 Å². The Bertz CT molecular complexity index is 461. The number of ether oxygens (including phenoxy) is 1. The molecular weight excluding hydrogens is 276 g/mol. The van der Waals surface area contributed by atoms with Crippen LogP contribution in [0.25, 0.3) is 0 Å². The third-order valence-electron chi connectivity index (χ3n) is 3.23. The Morgan fingerprint density at radius 2 is 2.25 bits per heavy atom. The van der Waals surface area contributed by atoms with Crippen LogP contribution < -0.4 is 5.32 Å². The number of morpholine rings is 1. The predicted molar refractivity (Wildman–Crippen MR) is 79.8 cm³/mol. The second-order valence-corrected chi connectivity index (χ2v) is 5.11. The first kappa shape index (κ1) is 15.0. The van der Waals surface area contributed by atoms with Gasteiger partial charge >= 0.3 is 0 Å². The molecule has 1 fully saturated rings. The number of nitrogens with zero attached hydrogens (tertiary/aromatic N) is 1. The van der Waals surface area contributed by atoms with Gasteiger partial charge in [-0.25, -0.2) is 0 Å². The van der Waals surface area contributed by atoms with Crippen LogP contribution >= 0.6 is 11.6 Å². The van der Waals surface area contributed by atoms with Crippen molar-refractivity contribution < 1.29 is 9.53 Å². The molecule has 0 radical (unpaired) electrons. The summed E-state index contributed by atoms with van der Waals surface area (Å²) in [6, 6.07) is 7.56. The first-order valence-electron chi connectivity index (χ1n) is 6.67. The minimum atomic E-state index is -0.0793. The number of hydrogen-bond donors (Lipinski definition) is 1. The second-order valence-electron chi connectivity index (χ2n) is 4.67. The van der Waals surface area contributed by atoms with E-state index in [0.29, 0.717) is 37.8 Å². The molecule has 1 N–H and O–H groups in total. The number of amides is 1. The van der Waals surface area contributed by atoms with Crippen LogP contribution in [-0.4, -0.2) is 43.6 Å². The summed E-state index contributed by atoms with van der Waals surface area (Å²) in [5.41, 5.74) is 1.05. The Balaban J connectivity index is 1.92. The Hall–Kier alpha value is -1.36. The highest BCUT2D eigenvalue weighted by Gasteiger charge is 2.24. The second kappa shape index (κ2) is 7.43. The van der Waals surface area contributed by atoms with Gasteiger partial charge in [-0.2, -0.15) is 0 Å². The predicted octanol–water partition coefficient (Wildman–Crippen LogP) is 2.02. The fourth-order valence-electron chi connectivity index (χ4n) is 2.15. The molecule has 20 heavy (non-hydrogen) atoms. The first-order valence-corrected chi connectivity index (χ1v) is 7.05. The lowest BCUT2D eigenvalue weighted by atomic mass is 10.1. The van der Waals surface area contributed by atoms with Crippen molar-refractivity contribution >= 4 is 17.5 Å². The molecule has 5 heteroatoms. The highest BCUT2D eigenvalue weighted by Crippen LogP contribution is 2.23. The number of carbonyl (C=O) groups excluding carboxylic acids is 1. The summed E-state index contributed by atoms with van der Waals surface area (Å²) >= 11 is 5.88. The molecule has 0 aromatic heterocycles. The zero-order valence-electron chi connectivity index (χ0n) is 11.3. The van der Waals surface area contributed by atoms with Gasteiger partial charge < -0.3 is 15.0 Å². The molecule has 1 atom stereocenters. The minimum Gasteiger partial charge on any atom is -0.370 e. The molecule has 1 heterocycles. The molecule has 1 aliphatic heterocycles. The maximum Gasteiger partial charge on any atom is 0.236 e. The van der Waals surface area contributed by atoms with E-state index in [4.69, 9.17) is 16.3 Å². The van der Waals surface area contributed by atoms with E-state index in [1.54, 1.807) is 6.08 Å². The third kappa shape index (κ3) is 4.07. The number of hydrogen-bond acceptors (Lipinski definition) is 3. The molecule has 1 aromatic rings. The van der Waals surface area contributed by atoms with Gasteiger partial charge in [0.05, 0.1) is 19.7 Å². The van der Waals surface area contributed by atoms with Gasteiger partial charge in [0.1, 0.15) is 6.10 Å². The number of rotatable bonds is 5. The van der Waals surface area contributed by atoms with Crippen molar-refractivity contribution in [2.45, 2.75) is 6.10 Å². The smallest absolute Gasteiger partial charge is 0.236 e. The van der Waals surface area contributed by atoms with Crippen LogP contribution in [0.5, 0.6) is 0 Å². The van der Waals surface area contributed by atoms with E-state index >= 15 is 0 Å². The van der Waals surface area contributed by atoms with Crippen LogP contribution in [0.3, 0.4) is 0 Å². The Morgan fingerprint density at radius 1 is 1.50 bits per heavy atom. The highest BCUT2D eigenvalue weighted by molar-refractivity contribution is 6.30. The van der Waals surface area contributed by atoms with Crippen molar-refractivity contribution in [1.29, 1.82) is 0 Å². The van der Waals surface area contributed by atoms with Crippen LogP contribution in [0.2, 0.25) is 5.02 Å². The molecule has 2 rings (SSSR count). The average molecular weight is 295 g/mol. The van der Waals surface area contributed by atoms with E-state index in [2.05, 4.69) is 11.9 Å². The average Bonchev–Trinajstić information content (AvgIpc) is 2.48. The Kier molecular flexibility index (Phi) is 5.59. The Labute approximate surface area is 124 Å². The van der Waals surface area contributed by atoms with E-state index in [-0.39, 0.29) is 12.0 Å². The van der Waals surface area contributed by atoms with Crippen LogP contribution in [0.1, 0.15) is 11.7 Å². The van der Waals surface area contributed by atoms with E-state index in [1.807, 2.05) is 29.2 Å². The third-order valence-corrected chi connectivity index (χ3v) is 3.48. The Morgan fingerprint density at radius 3 is 2.95 bits per heavy atom. The molecule has 0 aliphatic carbocycles. The first-order chi connectivity index (χ1) is 9.70. The fraction of sp³-hybridized carbons (Fsp3) is 0.400. The lowest BCUT2D eigenvalue weighted by molar-refractivity contribution is -0.138. The molecule has 1 saturated heterocycles. The number of benzene rings is 1. The summed E-state index contributed by atoms with van der Waals surface area (Å²) < 4.78 is 5.74. The number of halogens is 1. The summed E-state index contributed by atoms with van der Waals surface area (Å²) in [5.74, 6) is 0.0918. The van der Waals surface area contributed by atoms with E-state index in [0.717, 1.165) is 5.56 Å².